The zero-order valence-electron chi connectivity index (χ0n) is 12.0. The number of piperidine rings is 1. The summed E-state index contributed by atoms with van der Waals surface area (Å²) in [6, 6.07) is 1.47. The molecule has 2 atom stereocenters. The van der Waals surface area contributed by atoms with Gasteiger partial charge in [0, 0.05) is 51.9 Å². The topological polar surface area (TPSA) is 27.7 Å². The molecule has 1 N–H and O–H groups in total. The second-order valence-electron chi connectivity index (χ2n) is 5.73. The highest BCUT2D eigenvalue weighted by Crippen LogP contribution is 2.21. The lowest BCUT2D eigenvalue weighted by molar-refractivity contribution is 0.0309. The van der Waals surface area contributed by atoms with Crippen molar-refractivity contribution < 1.29 is 4.74 Å². The molecule has 2 saturated heterocycles. The zero-order valence-corrected chi connectivity index (χ0v) is 12.0. The van der Waals surface area contributed by atoms with E-state index in [1.807, 2.05) is 0 Å². The lowest BCUT2D eigenvalue weighted by atomic mass is 9.99. The zero-order chi connectivity index (χ0) is 12.8. The molecule has 0 aromatic heterocycles. The van der Waals surface area contributed by atoms with E-state index in [1.54, 1.807) is 7.11 Å². The molecule has 2 heterocycles. The molecule has 0 aromatic rings. The molecule has 2 fully saturated rings. The van der Waals surface area contributed by atoms with Crippen molar-refractivity contribution in [1.29, 1.82) is 0 Å². The van der Waals surface area contributed by atoms with Gasteiger partial charge in [-0.25, -0.2) is 0 Å². The maximum atomic E-state index is 5.06. The summed E-state index contributed by atoms with van der Waals surface area (Å²) < 4.78 is 5.06. The van der Waals surface area contributed by atoms with Gasteiger partial charge in [-0.2, -0.15) is 0 Å². The van der Waals surface area contributed by atoms with Gasteiger partial charge in [0.25, 0.3) is 0 Å². The van der Waals surface area contributed by atoms with Gasteiger partial charge in [-0.05, 0) is 26.3 Å². The van der Waals surface area contributed by atoms with Crippen molar-refractivity contribution in [2.75, 3.05) is 53.0 Å². The monoisotopic (exact) mass is 255 g/mol. The molecule has 2 rings (SSSR count). The Bertz CT molecular complexity index is 237. The van der Waals surface area contributed by atoms with E-state index in [0.717, 1.165) is 25.7 Å². The molecule has 18 heavy (non-hydrogen) atoms. The molecule has 106 valence electrons. The van der Waals surface area contributed by atoms with E-state index in [1.165, 1.54) is 45.4 Å². The average molecular weight is 255 g/mol. The van der Waals surface area contributed by atoms with Crippen LogP contribution in [0.1, 0.15) is 26.2 Å². The fraction of sp³-hybridized carbons (Fsp3) is 1.00. The van der Waals surface area contributed by atoms with Crippen molar-refractivity contribution in [3.8, 4) is 0 Å². The molecule has 4 nitrogen and oxygen atoms in total. The average Bonchev–Trinajstić information content (AvgIpc) is 2.43. The van der Waals surface area contributed by atoms with E-state index in [-0.39, 0.29) is 0 Å². The van der Waals surface area contributed by atoms with Gasteiger partial charge in [0.05, 0.1) is 6.61 Å². The van der Waals surface area contributed by atoms with E-state index in [9.17, 15) is 0 Å². The Morgan fingerprint density at radius 2 is 2.17 bits per heavy atom. The molecule has 0 spiro atoms. The summed E-state index contributed by atoms with van der Waals surface area (Å²) in [5.41, 5.74) is 0. The summed E-state index contributed by atoms with van der Waals surface area (Å²) in [7, 11) is 1.76. The third kappa shape index (κ3) is 3.92. The van der Waals surface area contributed by atoms with Crippen LogP contribution in [0.5, 0.6) is 0 Å². The minimum atomic E-state index is 0.644. The molecule has 0 bridgehead atoms. The van der Waals surface area contributed by atoms with Crippen molar-refractivity contribution in [3.05, 3.63) is 0 Å². The lowest BCUT2D eigenvalue weighted by Crippen LogP contribution is -2.58. The predicted molar refractivity (Wildman–Crippen MR) is 75.0 cm³/mol. The number of nitrogens with zero attached hydrogens (tertiary/aromatic N) is 2. The Balaban J connectivity index is 1.69. The second kappa shape index (κ2) is 7.43. The molecule has 2 aliphatic heterocycles. The Morgan fingerprint density at radius 1 is 1.28 bits per heavy atom. The third-order valence-corrected chi connectivity index (χ3v) is 4.41. The first kappa shape index (κ1) is 14.3. The van der Waals surface area contributed by atoms with E-state index < -0.39 is 0 Å². The number of ether oxygens (including phenoxy) is 1. The molecule has 0 aromatic carbocycles. The fourth-order valence-corrected chi connectivity index (χ4v) is 3.19. The molecule has 2 unspecified atom stereocenters. The lowest BCUT2D eigenvalue weighted by Gasteiger charge is -2.46. The molecule has 4 heteroatoms. The molecular weight excluding hydrogens is 226 g/mol. The van der Waals surface area contributed by atoms with E-state index in [0.29, 0.717) is 6.04 Å². The van der Waals surface area contributed by atoms with Gasteiger partial charge >= 0.3 is 0 Å². The molecule has 0 saturated carbocycles. The van der Waals surface area contributed by atoms with Crippen LogP contribution in [0, 0.1) is 0 Å². The minimum Gasteiger partial charge on any atom is -0.383 e. The van der Waals surface area contributed by atoms with Crippen LogP contribution in [-0.4, -0.2) is 74.9 Å². The standard InChI is InChI=1S/C14H29N3O/c1-13(11-15-6-10-18-2)17-9-8-16-7-4-3-5-14(16)12-17/h13-15H,3-12H2,1-2H3. The van der Waals surface area contributed by atoms with Crippen molar-refractivity contribution >= 4 is 0 Å². The quantitative estimate of drug-likeness (QED) is 0.710. The number of hydrogen-bond acceptors (Lipinski definition) is 4. The van der Waals surface area contributed by atoms with Crippen LogP contribution in [0.15, 0.2) is 0 Å². The predicted octanol–water partition coefficient (Wildman–Crippen LogP) is 0.781. The van der Waals surface area contributed by atoms with Crippen molar-refractivity contribution in [2.24, 2.45) is 0 Å². The van der Waals surface area contributed by atoms with Gasteiger partial charge in [0.15, 0.2) is 0 Å². The molecule has 2 aliphatic rings. The first-order valence-corrected chi connectivity index (χ1v) is 7.49. The largest absolute Gasteiger partial charge is 0.383 e. The molecule has 0 radical (unpaired) electrons. The normalized spacial score (nSPS) is 28.0. The fourth-order valence-electron chi connectivity index (χ4n) is 3.19. The Kier molecular flexibility index (Phi) is 5.89. The van der Waals surface area contributed by atoms with E-state index in [4.69, 9.17) is 4.74 Å². The summed E-state index contributed by atoms with van der Waals surface area (Å²) in [5.74, 6) is 0. The van der Waals surface area contributed by atoms with Crippen molar-refractivity contribution in [2.45, 2.75) is 38.3 Å². The summed E-state index contributed by atoms with van der Waals surface area (Å²) >= 11 is 0. The van der Waals surface area contributed by atoms with Gasteiger partial charge in [0.2, 0.25) is 0 Å². The highest BCUT2D eigenvalue weighted by molar-refractivity contribution is 4.87. The number of nitrogens with one attached hydrogen (secondary N) is 1. The van der Waals surface area contributed by atoms with Crippen LogP contribution >= 0.6 is 0 Å². The van der Waals surface area contributed by atoms with Gasteiger partial charge in [-0.15, -0.1) is 0 Å². The molecule has 0 aliphatic carbocycles. The SMILES string of the molecule is COCCNCC(C)N1CCN2CCCCC2C1. The highest BCUT2D eigenvalue weighted by Gasteiger charge is 2.30. The van der Waals surface area contributed by atoms with E-state index >= 15 is 0 Å². The highest BCUT2D eigenvalue weighted by atomic mass is 16.5. The summed E-state index contributed by atoms with van der Waals surface area (Å²) in [5, 5.41) is 3.48. The van der Waals surface area contributed by atoms with Crippen LogP contribution in [0.4, 0.5) is 0 Å². The summed E-state index contributed by atoms with van der Waals surface area (Å²) in [6.07, 6.45) is 4.24. The number of hydrogen-bond donors (Lipinski definition) is 1. The van der Waals surface area contributed by atoms with Crippen LogP contribution in [0.3, 0.4) is 0 Å². The van der Waals surface area contributed by atoms with Crippen molar-refractivity contribution in [1.82, 2.24) is 15.1 Å². The van der Waals surface area contributed by atoms with Crippen LogP contribution < -0.4 is 5.32 Å². The number of methoxy groups -OCH3 is 1. The first-order chi connectivity index (χ1) is 8.81. The van der Waals surface area contributed by atoms with Gasteiger partial charge in [-0.3, -0.25) is 9.80 Å². The van der Waals surface area contributed by atoms with Gasteiger partial charge in [0.1, 0.15) is 0 Å². The van der Waals surface area contributed by atoms with Crippen LogP contribution in [0.25, 0.3) is 0 Å². The third-order valence-electron chi connectivity index (χ3n) is 4.41. The molecular formula is C14H29N3O. The Labute approximate surface area is 112 Å². The smallest absolute Gasteiger partial charge is 0.0587 e. The number of rotatable bonds is 6. The maximum Gasteiger partial charge on any atom is 0.0587 e. The number of piperazine rings is 1. The summed E-state index contributed by atoms with van der Waals surface area (Å²) in [4.78, 5) is 5.36. The number of fused-ring (bicyclic) bond motifs is 1. The second-order valence-corrected chi connectivity index (χ2v) is 5.73. The first-order valence-electron chi connectivity index (χ1n) is 7.49. The molecule has 0 amide bonds. The van der Waals surface area contributed by atoms with Gasteiger partial charge < -0.3 is 10.1 Å². The van der Waals surface area contributed by atoms with Gasteiger partial charge in [-0.1, -0.05) is 6.42 Å². The van der Waals surface area contributed by atoms with Crippen LogP contribution in [0.2, 0.25) is 0 Å². The van der Waals surface area contributed by atoms with E-state index in [2.05, 4.69) is 22.0 Å². The maximum absolute atomic E-state index is 5.06. The Hall–Kier alpha value is -0.160. The minimum absolute atomic E-state index is 0.644. The Morgan fingerprint density at radius 3 is 3.00 bits per heavy atom. The van der Waals surface area contributed by atoms with Crippen LogP contribution in [-0.2, 0) is 4.74 Å². The summed E-state index contributed by atoms with van der Waals surface area (Å²) in [6.45, 7) is 10.3. The van der Waals surface area contributed by atoms with Crippen molar-refractivity contribution in [3.63, 3.8) is 0 Å².